The van der Waals surface area contributed by atoms with E-state index in [9.17, 15) is 8.42 Å². The molecule has 152 valence electrons. The number of hydrogen-bond donors (Lipinski definition) is 0. The van der Waals surface area contributed by atoms with E-state index in [4.69, 9.17) is 9.15 Å². The molecule has 0 aliphatic rings. The highest BCUT2D eigenvalue weighted by Gasteiger charge is 2.28. The van der Waals surface area contributed by atoms with Crippen molar-refractivity contribution in [1.82, 2.24) is 3.97 Å². The van der Waals surface area contributed by atoms with Crippen LogP contribution in [0.5, 0.6) is 5.75 Å². The Bertz CT molecular complexity index is 1260. The van der Waals surface area contributed by atoms with Gasteiger partial charge in [0.15, 0.2) is 0 Å². The Morgan fingerprint density at radius 3 is 2.45 bits per heavy atom. The van der Waals surface area contributed by atoms with Crippen molar-refractivity contribution in [3.8, 4) is 5.75 Å². The Hall–Kier alpha value is -2.73. The number of rotatable bonds is 7. The summed E-state index contributed by atoms with van der Waals surface area (Å²) in [6, 6.07) is 14.1. The molecule has 0 saturated carbocycles. The normalized spacial score (nSPS) is 12.1. The largest absolute Gasteiger partial charge is 0.497 e. The fraction of sp³-hybridized carbons (Fsp3) is 0.304. The van der Waals surface area contributed by atoms with Crippen molar-refractivity contribution in [3.05, 3.63) is 60.1 Å². The number of methoxy groups -OCH3 is 1. The van der Waals surface area contributed by atoms with Crippen molar-refractivity contribution in [3.63, 3.8) is 0 Å². The second-order valence-corrected chi connectivity index (χ2v) is 9.01. The summed E-state index contributed by atoms with van der Waals surface area (Å²) in [6.07, 6.45) is 4.05. The average molecular weight is 412 g/mol. The highest BCUT2D eigenvalue weighted by Crippen LogP contribution is 2.38. The number of aryl methyl sites for hydroxylation is 2. The molecule has 0 bridgehead atoms. The second-order valence-electron chi connectivity index (χ2n) is 7.22. The predicted octanol–water partition coefficient (Wildman–Crippen LogP) is 5.67. The Balaban J connectivity index is 1.98. The summed E-state index contributed by atoms with van der Waals surface area (Å²) in [6.45, 7) is 4.00. The van der Waals surface area contributed by atoms with E-state index in [0.717, 1.165) is 42.2 Å². The fourth-order valence-electron chi connectivity index (χ4n) is 3.91. The number of furan rings is 1. The zero-order valence-corrected chi connectivity index (χ0v) is 17.8. The summed E-state index contributed by atoms with van der Waals surface area (Å²) in [4.78, 5) is 0.217. The maximum Gasteiger partial charge on any atom is 0.268 e. The summed E-state index contributed by atoms with van der Waals surface area (Å²) in [5.41, 5.74) is 1.30. The van der Waals surface area contributed by atoms with Gasteiger partial charge >= 0.3 is 0 Å². The second kappa shape index (κ2) is 7.59. The van der Waals surface area contributed by atoms with Crippen molar-refractivity contribution in [2.45, 2.75) is 44.4 Å². The number of aromatic nitrogens is 1. The zero-order valence-electron chi connectivity index (χ0n) is 16.9. The highest BCUT2D eigenvalue weighted by atomic mass is 32.2. The van der Waals surface area contributed by atoms with Crippen molar-refractivity contribution >= 4 is 31.8 Å². The van der Waals surface area contributed by atoms with E-state index >= 15 is 0 Å². The summed E-state index contributed by atoms with van der Waals surface area (Å²) >= 11 is 0. The molecule has 0 spiro atoms. The lowest BCUT2D eigenvalue weighted by Crippen LogP contribution is -2.12. The van der Waals surface area contributed by atoms with E-state index in [1.165, 1.54) is 3.97 Å². The Labute approximate surface area is 170 Å². The number of unbranched alkanes of at least 4 members (excludes halogenated alkanes) is 2. The van der Waals surface area contributed by atoms with E-state index in [1.54, 1.807) is 31.4 Å². The van der Waals surface area contributed by atoms with E-state index in [2.05, 4.69) is 6.92 Å². The first-order valence-corrected chi connectivity index (χ1v) is 11.3. The van der Waals surface area contributed by atoms with Crippen LogP contribution in [0.1, 0.15) is 37.7 Å². The minimum atomic E-state index is -3.81. The van der Waals surface area contributed by atoms with Gasteiger partial charge in [-0.2, -0.15) is 0 Å². The molecule has 0 saturated heterocycles. The first-order valence-electron chi connectivity index (χ1n) is 9.90. The zero-order chi connectivity index (χ0) is 20.6. The van der Waals surface area contributed by atoms with Crippen LogP contribution in [0.3, 0.4) is 0 Å². The van der Waals surface area contributed by atoms with Gasteiger partial charge in [0.05, 0.1) is 22.9 Å². The molecule has 6 heteroatoms. The van der Waals surface area contributed by atoms with Crippen LogP contribution in [0.4, 0.5) is 0 Å². The van der Waals surface area contributed by atoms with E-state index in [1.807, 2.05) is 31.2 Å². The van der Waals surface area contributed by atoms with Gasteiger partial charge in [0.1, 0.15) is 22.8 Å². The average Bonchev–Trinajstić information content (AvgIpc) is 3.24. The summed E-state index contributed by atoms with van der Waals surface area (Å²) in [7, 11) is -2.25. The summed E-state index contributed by atoms with van der Waals surface area (Å²) in [5.74, 6) is 2.11. The summed E-state index contributed by atoms with van der Waals surface area (Å²) in [5, 5.41) is 1.81. The molecule has 0 fully saturated rings. The molecular formula is C23H25NO4S. The van der Waals surface area contributed by atoms with Crippen LogP contribution >= 0.6 is 0 Å². The molecule has 4 aromatic rings. The Morgan fingerprint density at radius 1 is 1.03 bits per heavy atom. The van der Waals surface area contributed by atoms with E-state index in [-0.39, 0.29) is 4.90 Å². The van der Waals surface area contributed by atoms with Gasteiger partial charge in [-0.3, -0.25) is 0 Å². The molecule has 0 atom stereocenters. The molecule has 0 amide bonds. The molecule has 0 radical (unpaired) electrons. The third-order valence-corrected chi connectivity index (χ3v) is 7.05. The highest BCUT2D eigenvalue weighted by molar-refractivity contribution is 7.90. The molecule has 2 heterocycles. The molecule has 2 aromatic carbocycles. The van der Waals surface area contributed by atoms with Crippen LogP contribution in [0.2, 0.25) is 0 Å². The first-order chi connectivity index (χ1) is 14.0. The van der Waals surface area contributed by atoms with Crippen LogP contribution in [-0.2, 0) is 16.4 Å². The van der Waals surface area contributed by atoms with Gasteiger partial charge in [0, 0.05) is 11.8 Å². The number of fused-ring (bicyclic) bond motifs is 3. The SMILES string of the molecule is CCCCCc1oc(C)c2c1c1ccccc1n2S(=O)(=O)c1ccc(OC)cc1. The van der Waals surface area contributed by atoms with Gasteiger partial charge < -0.3 is 9.15 Å². The smallest absolute Gasteiger partial charge is 0.268 e. The third kappa shape index (κ3) is 3.21. The maximum absolute atomic E-state index is 13.6. The van der Waals surface area contributed by atoms with Crippen LogP contribution in [-0.4, -0.2) is 19.5 Å². The molecule has 4 rings (SSSR count). The number of benzene rings is 2. The van der Waals surface area contributed by atoms with Crippen LogP contribution < -0.4 is 4.74 Å². The minimum absolute atomic E-state index is 0.217. The third-order valence-electron chi connectivity index (χ3n) is 5.33. The van der Waals surface area contributed by atoms with Crippen LogP contribution in [0, 0.1) is 6.92 Å². The molecule has 5 nitrogen and oxygen atoms in total. The van der Waals surface area contributed by atoms with Crippen molar-refractivity contribution < 1.29 is 17.6 Å². The van der Waals surface area contributed by atoms with Gasteiger partial charge in [-0.1, -0.05) is 38.0 Å². The van der Waals surface area contributed by atoms with Crippen molar-refractivity contribution in [2.75, 3.05) is 7.11 Å². The molecule has 0 N–H and O–H groups in total. The maximum atomic E-state index is 13.6. The standard InChI is InChI=1S/C23H25NO4S/c1-4-5-6-11-21-22-19-9-7-8-10-20(19)24(23(22)16(2)28-21)29(25,26)18-14-12-17(27-3)13-15-18/h7-10,12-15H,4-6,11H2,1-3H3. The monoisotopic (exact) mass is 411 g/mol. The van der Waals surface area contributed by atoms with Gasteiger partial charge in [0.25, 0.3) is 10.0 Å². The van der Waals surface area contributed by atoms with Crippen LogP contribution in [0.25, 0.3) is 21.8 Å². The van der Waals surface area contributed by atoms with Crippen molar-refractivity contribution in [1.29, 1.82) is 0 Å². The number of hydrogen-bond acceptors (Lipinski definition) is 4. The van der Waals surface area contributed by atoms with E-state index < -0.39 is 10.0 Å². The fourth-order valence-corrected chi connectivity index (χ4v) is 5.48. The lowest BCUT2D eigenvalue weighted by molar-refractivity contribution is 0.414. The summed E-state index contributed by atoms with van der Waals surface area (Å²) < 4.78 is 39.9. The van der Waals surface area contributed by atoms with Gasteiger partial charge in [0.2, 0.25) is 0 Å². The molecular weight excluding hydrogens is 386 g/mol. The quantitative estimate of drug-likeness (QED) is 0.367. The first kappa shape index (κ1) is 19.6. The molecule has 2 aromatic heterocycles. The number of nitrogens with zero attached hydrogens (tertiary/aromatic N) is 1. The Kier molecular flexibility index (Phi) is 5.13. The lowest BCUT2D eigenvalue weighted by atomic mass is 10.1. The van der Waals surface area contributed by atoms with Crippen molar-refractivity contribution in [2.24, 2.45) is 0 Å². The number of para-hydroxylation sites is 1. The Morgan fingerprint density at radius 2 is 1.76 bits per heavy atom. The lowest BCUT2D eigenvalue weighted by Gasteiger charge is -2.10. The molecule has 0 aliphatic carbocycles. The number of ether oxygens (including phenoxy) is 1. The molecule has 0 unspecified atom stereocenters. The predicted molar refractivity (Wildman–Crippen MR) is 115 cm³/mol. The van der Waals surface area contributed by atoms with E-state index in [0.29, 0.717) is 22.5 Å². The molecule has 29 heavy (non-hydrogen) atoms. The van der Waals surface area contributed by atoms with Gasteiger partial charge in [-0.05, 0) is 43.7 Å². The van der Waals surface area contributed by atoms with Crippen LogP contribution in [0.15, 0.2) is 57.8 Å². The molecule has 0 aliphatic heterocycles. The van der Waals surface area contributed by atoms with Gasteiger partial charge in [-0.25, -0.2) is 12.4 Å². The van der Waals surface area contributed by atoms with Gasteiger partial charge in [-0.15, -0.1) is 0 Å². The topological polar surface area (TPSA) is 61.4 Å². The minimum Gasteiger partial charge on any atom is -0.497 e.